The quantitative estimate of drug-likeness (QED) is 0.373. The highest BCUT2D eigenvalue weighted by Gasteiger charge is 2.38. The number of aromatic nitrogens is 2. The maximum atomic E-state index is 13.6. The summed E-state index contributed by atoms with van der Waals surface area (Å²) in [4.78, 5) is 20.0. The van der Waals surface area contributed by atoms with Crippen LogP contribution in [0, 0.1) is 13.8 Å². The summed E-state index contributed by atoms with van der Waals surface area (Å²) in [7, 11) is 0. The Bertz CT molecular complexity index is 1300. The highest BCUT2D eigenvalue weighted by Crippen LogP contribution is 2.36. The molecule has 4 aromatic rings. The molecule has 1 fully saturated rings. The lowest BCUT2D eigenvalue weighted by atomic mass is 9.94. The van der Waals surface area contributed by atoms with Gasteiger partial charge in [-0.05, 0) is 55.2 Å². The number of likely N-dealkylation sites (tertiary alicyclic amines) is 1. The van der Waals surface area contributed by atoms with Crippen LogP contribution >= 0.6 is 11.6 Å². The van der Waals surface area contributed by atoms with E-state index in [0.717, 1.165) is 34.2 Å². The van der Waals surface area contributed by atoms with Gasteiger partial charge in [-0.1, -0.05) is 70.9 Å². The summed E-state index contributed by atoms with van der Waals surface area (Å²) in [6.45, 7) is 4.58. The summed E-state index contributed by atoms with van der Waals surface area (Å²) in [5, 5.41) is 4.84. The average Bonchev–Trinajstić information content (AvgIpc) is 3.24. The first-order chi connectivity index (χ1) is 15.5. The van der Waals surface area contributed by atoms with Gasteiger partial charge >= 0.3 is 0 Å². The molecule has 0 bridgehead atoms. The summed E-state index contributed by atoms with van der Waals surface area (Å²) in [6.07, 6.45) is 0.797. The lowest BCUT2D eigenvalue weighted by molar-refractivity contribution is 0.0436. The molecule has 0 N–H and O–H groups in total. The minimum absolute atomic E-state index is 0.0194. The van der Waals surface area contributed by atoms with Crippen LogP contribution < -0.4 is 0 Å². The van der Waals surface area contributed by atoms with Crippen molar-refractivity contribution in [2.45, 2.75) is 26.3 Å². The zero-order chi connectivity index (χ0) is 22.2. The third-order valence-corrected chi connectivity index (χ3v) is 6.42. The first kappa shape index (κ1) is 20.5. The smallest absolute Gasteiger partial charge is 0.258 e. The van der Waals surface area contributed by atoms with E-state index in [-0.39, 0.29) is 11.9 Å². The number of benzene rings is 3. The van der Waals surface area contributed by atoms with Crippen LogP contribution in [0.1, 0.15) is 39.8 Å². The summed E-state index contributed by atoms with van der Waals surface area (Å²) in [5.74, 6) is 0.918. The van der Waals surface area contributed by atoms with Gasteiger partial charge in [0.25, 0.3) is 11.8 Å². The van der Waals surface area contributed by atoms with Gasteiger partial charge in [0.2, 0.25) is 0 Å². The number of carbonyl (C=O) groups is 1. The summed E-state index contributed by atoms with van der Waals surface area (Å²) in [5.41, 5.74) is 5.37. The Balaban J connectivity index is 1.45. The van der Waals surface area contributed by atoms with Crippen LogP contribution in [0.5, 0.6) is 0 Å². The Morgan fingerprint density at radius 3 is 2.59 bits per heavy atom. The number of nitrogens with zero attached hydrogens (tertiary/aromatic N) is 3. The van der Waals surface area contributed by atoms with Gasteiger partial charge in [0.05, 0.1) is 6.04 Å². The number of carbonyl (C=O) groups excluding carboxylic acids is 1. The van der Waals surface area contributed by atoms with Crippen molar-refractivity contribution in [3.8, 4) is 22.6 Å². The fourth-order valence-corrected chi connectivity index (χ4v) is 4.25. The van der Waals surface area contributed by atoms with Crippen LogP contribution in [-0.4, -0.2) is 27.5 Å². The maximum absolute atomic E-state index is 13.6. The normalized spacial score (nSPS) is 15.5. The highest BCUT2D eigenvalue weighted by molar-refractivity contribution is 6.31. The third kappa shape index (κ3) is 3.59. The SMILES string of the molecule is Cc1ccc(-c2ccccc2)c(C(=O)N2CC[C@H]2c2noc(-c3cccc(Cl)c3C)n2)c1. The van der Waals surface area contributed by atoms with Gasteiger partial charge < -0.3 is 9.42 Å². The fourth-order valence-electron chi connectivity index (χ4n) is 4.08. The van der Waals surface area contributed by atoms with Gasteiger partial charge in [-0.3, -0.25) is 4.79 Å². The average molecular weight is 444 g/mol. The molecule has 6 heteroatoms. The van der Waals surface area contributed by atoms with Crippen molar-refractivity contribution in [2.24, 2.45) is 0 Å². The molecule has 0 radical (unpaired) electrons. The van der Waals surface area contributed by atoms with Crippen LogP contribution in [0.4, 0.5) is 0 Å². The van der Waals surface area contributed by atoms with Gasteiger partial charge in [-0.2, -0.15) is 4.98 Å². The minimum atomic E-state index is -0.205. The monoisotopic (exact) mass is 443 g/mol. The van der Waals surface area contributed by atoms with Crippen molar-refractivity contribution in [3.63, 3.8) is 0 Å². The van der Waals surface area contributed by atoms with Crippen LogP contribution in [0.15, 0.2) is 71.3 Å². The number of hydrogen-bond donors (Lipinski definition) is 0. The molecule has 1 aromatic heterocycles. The third-order valence-electron chi connectivity index (χ3n) is 6.01. The number of rotatable bonds is 4. The number of halogens is 1. The van der Waals surface area contributed by atoms with E-state index >= 15 is 0 Å². The standard InChI is InChI=1S/C26H22ClN3O2/c1-16-11-12-20(18-7-4-3-5-8-18)21(15-16)26(31)30-14-13-23(30)24-28-25(32-29-24)19-9-6-10-22(27)17(19)2/h3-12,15,23H,13-14H2,1-2H3/t23-/m0/s1. The van der Waals surface area contributed by atoms with Gasteiger partial charge in [0.1, 0.15) is 0 Å². The Hall–Kier alpha value is -3.44. The molecule has 5 nitrogen and oxygen atoms in total. The molecule has 0 aliphatic carbocycles. The number of hydrogen-bond acceptors (Lipinski definition) is 4. The van der Waals surface area contributed by atoms with E-state index in [0.29, 0.717) is 28.8 Å². The Kier molecular flexibility index (Phi) is 5.27. The number of amides is 1. The minimum Gasteiger partial charge on any atom is -0.334 e. The van der Waals surface area contributed by atoms with E-state index in [2.05, 4.69) is 10.1 Å². The van der Waals surface area contributed by atoms with Gasteiger partial charge in [0.15, 0.2) is 5.82 Å². The van der Waals surface area contributed by atoms with Gasteiger partial charge in [0, 0.05) is 22.7 Å². The molecular weight excluding hydrogens is 422 g/mol. The molecule has 0 unspecified atom stereocenters. The molecule has 1 amide bonds. The lowest BCUT2D eigenvalue weighted by Crippen LogP contribution is -2.45. The van der Waals surface area contributed by atoms with Crippen molar-refractivity contribution in [1.29, 1.82) is 0 Å². The predicted octanol–water partition coefficient (Wildman–Crippen LogP) is 6.26. The van der Waals surface area contributed by atoms with E-state index in [9.17, 15) is 4.79 Å². The second kappa shape index (κ2) is 8.24. The van der Waals surface area contributed by atoms with E-state index in [1.165, 1.54) is 0 Å². The second-order valence-electron chi connectivity index (χ2n) is 8.09. The first-order valence-electron chi connectivity index (χ1n) is 10.6. The van der Waals surface area contributed by atoms with E-state index in [1.54, 1.807) is 0 Å². The first-order valence-corrected chi connectivity index (χ1v) is 11.0. The van der Waals surface area contributed by atoms with E-state index < -0.39 is 0 Å². The zero-order valence-electron chi connectivity index (χ0n) is 17.9. The molecule has 0 saturated carbocycles. The molecule has 1 aliphatic heterocycles. The molecule has 160 valence electrons. The van der Waals surface area contributed by atoms with Crippen molar-refractivity contribution >= 4 is 17.5 Å². The lowest BCUT2D eigenvalue weighted by Gasteiger charge is -2.39. The van der Waals surface area contributed by atoms with Crippen LogP contribution in [0.3, 0.4) is 0 Å². The van der Waals surface area contributed by atoms with Crippen LogP contribution in [0.2, 0.25) is 5.02 Å². The topological polar surface area (TPSA) is 59.2 Å². The van der Waals surface area contributed by atoms with Gasteiger partial charge in [-0.25, -0.2) is 0 Å². The highest BCUT2D eigenvalue weighted by atomic mass is 35.5. The van der Waals surface area contributed by atoms with Crippen molar-refractivity contribution in [3.05, 3.63) is 94.3 Å². The molecule has 0 spiro atoms. The predicted molar refractivity (Wildman–Crippen MR) is 124 cm³/mol. The fraction of sp³-hybridized carbons (Fsp3) is 0.192. The molecule has 2 heterocycles. The molecule has 32 heavy (non-hydrogen) atoms. The van der Waals surface area contributed by atoms with Crippen LogP contribution in [0.25, 0.3) is 22.6 Å². The number of aryl methyl sites for hydroxylation is 1. The van der Waals surface area contributed by atoms with Crippen LogP contribution in [-0.2, 0) is 0 Å². The molecule has 1 aliphatic rings. The van der Waals surface area contributed by atoms with Crippen molar-refractivity contribution in [2.75, 3.05) is 6.54 Å². The Labute approximate surface area is 191 Å². The molecule has 3 aromatic carbocycles. The van der Waals surface area contributed by atoms with Crippen molar-refractivity contribution in [1.82, 2.24) is 15.0 Å². The van der Waals surface area contributed by atoms with Crippen molar-refractivity contribution < 1.29 is 9.32 Å². The molecule has 1 atom stereocenters. The summed E-state index contributed by atoms with van der Waals surface area (Å²) < 4.78 is 5.53. The Morgan fingerprint density at radius 2 is 1.84 bits per heavy atom. The maximum Gasteiger partial charge on any atom is 0.258 e. The summed E-state index contributed by atoms with van der Waals surface area (Å²) >= 11 is 6.24. The molecule has 5 rings (SSSR count). The Morgan fingerprint density at radius 1 is 1.03 bits per heavy atom. The molecular formula is C26H22ClN3O2. The molecule has 1 saturated heterocycles. The zero-order valence-corrected chi connectivity index (χ0v) is 18.6. The van der Waals surface area contributed by atoms with Gasteiger partial charge in [-0.15, -0.1) is 0 Å². The summed E-state index contributed by atoms with van der Waals surface area (Å²) in [6, 6.07) is 21.4. The van der Waals surface area contributed by atoms with E-state index in [1.807, 2.05) is 85.5 Å². The second-order valence-corrected chi connectivity index (χ2v) is 8.50. The van der Waals surface area contributed by atoms with E-state index in [4.69, 9.17) is 16.1 Å². The largest absolute Gasteiger partial charge is 0.334 e.